The first-order chi connectivity index (χ1) is 13.5. The smallest absolute Gasteiger partial charge is 0.211 e. The number of hydrogen-bond donors (Lipinski definition) is 0. The average molecular weight is 410 g/mol. The van der Waals surface area contributed by atoms with Crippen molar-refractivity contribution in [2.75, 3.05) is 58.7 Å². The normalized spacial score (nSPS) is 22.6. The molecule has 0 aromatic heterocycles. The Kier molecular flexibility index (Phi) is 7.88. The van der Waals surface area contributed by atoms with Crippen molar-refractivity contribution in [3.63, 3.8) is 0 Å². The zero-order valence-corrected chi connectivity index (χ0v) is 18.2. The number of piperidine rings is 1. The average Bonchev–Trinajstić information content (AvgIpc) is 2.69. The van der Waals surface area contributed by atoms with E-state index in [-0.39, 0.29) is 6.04 Å². The molecule has 1 aromatic rings. The van der Waals surface area contributed by atoms with Gasteiger partial charge in [0.15, 0.2) is 0 Å². The van der Waals surface area contributed by atoms with E-state index in [4.69, 9.17) is 4.74 Å². The maximum absolute atomic E-state index is 12.5. The van der Waals surface area contributed by atoms with Crippen LogP contribution in [0.4, 0.5) is 0 Å². The lowest BCUT2D eigenvalue weighted by Gasteiger charge is -2.39. The van der Waals surface area contributed by atoms with Crippen molar-refractivity contribution in [3.05, 3.63) is 35.4 Å². The number of nitrogens with zero attached hydrogens (tertiary/aromatic N) is 3. The second-order valence-corrected chi connectivity index (χ2v) is 9.96. The van der Waals surface area contributed by atoms with Crippen LogP contribution in [0.2, 0.25) is 0 Å². The summed E-state index contributed by atoms with van der Waals surface area (Å²) < 4.78 is 32.1. The summed E-state index contributed by atoms with van der Waals surface area (Å²) in [5.74, 6) is 0. The van der Waals surface area contributed by atoms with Crippen LogP contribution in [-0.4, -0.2) is 87.3 Å². The Balaban J connectivity index is 1.59. The van der Waals surface area contributed by atoms with Crippen LogP contribution in [0, 0.1) is 0 Å². The third-order valence-electron chi connectivity index (χ3n) is 5.89. The molecule has 0 N–H and O–H groups in total. The van der Waals surface area contributed by atoms with Crippen molar-refractivity contribution in [1.82, 2.24) is 14.1 Å². The van der Waals surface area contributed by atoms with E-state index < -0.39 is 10.0 Å². The van der Waals surface area contributed by atoms with Crippen LogP contribution < -0.4 is 0 Å². The van der Waals surface area contributed by atoms with Crippen LogP contribution >= 0.6 is 0 Å². The molecule has 3 rings (SSSR count). The molecule has 7 heteroatoms. The quantitative estimate of drug-likeness (QED) is 0.655. The fraction of sp³-hybridized carbons (Fsp3) is 0.714. The first kappa shape index (κ1) is 21.7. The Morgan fingerprint density at radius 1 is 1.07 bits per heavy atom. The molecule has 1 atom stereocenters. The highest BCUT2D eigenvalue weighted by Crippen LogP contribution is 2.20. The molecular weight excluding hydrogens is 374 g/mol. The Morgan fingerprint density at radius 3 is 2.39 bits per heavy atom. The lowest BCUT2D eigenvalue weighted by atomic mass is 10.0. The van der Waals surface area contributed by atoms with Crippen LogP contribution in [0.5, 0.6) is 0 Å². The van der Waals surface area contributed by atoms with Crippen molar-refractivity contribution in [1.29, 1.82) is 0 Å². The number of rotatable bonds is 8. The molecule has 2 saturated heterocycles. The second kappa shape index (κ2) is 10.2. The van der Waals surface area contributed by atoms with Gasteiger partial charge in [-0.3, -0.25) is 9.80 Å². The SMILES string of the molecule is CCc1ccc(CN2CCCC(N(CCN3CCOCC3)S(C)(=O)=O)C2)cc1. The lowest BCUT2D eigenvalue weighted by molar-refractivity contribution is 0.0337. The van der Waals surface area contributed by atoms with Gasteiger partial charge in [-0.05, 0) is 36.9 Å². The van der Waals surface area contributed by atoms with E-state index in [1.165, 1.54) is 17.4 Å². The minimum atomic E-state index is -3.22. The first-order valence-electron chi connectivity index (χ1n) is 10.5. The van der Waals surface area contributed by atoms with E-state index in [2.05, 4.69) is 41.0 Å². The van der Waals surface area contributed by atoms with Crippen LogP contribution in [0.3, 0.4) is 0 Å². The highest BCUT2D eigenvalue weighted by molar-refractivity contribution is 7.88. The summed E-state index contributed by atoms with van der Waals surface area (Å²) in [7, 11) is -3.22. The standard InChI is InChI=1S/C21H35N3O3S/c1-3-19-6-8-20(9-7-19)17-23-10-4-5-21(18-23)24(28(2,25)26)12-11-22-13-15-27-16-14-22/h6-9,21H,3-5,10-18H2,1-2H3. The van der Waals surface area contributed by atoms with Crippen LogP contribution in [-0.2, 0) is 27.7 Å². The minimum Gasteiger partial charge on any atom is -0.379 e. The van der Waals surface area contributed by atoms with Crippen molar-refractivity contribution in [2.45, 2.75) is 38.8 Å². The largest absolute Gasteiger partial charge is 0.379 e. The predicted octanol–water partition coefficient (Wildman–Crippen LogP) is 1.81. The third-order valence-corrected chi connectivity index (χ3v) is 7.22. The van der Waals surface area contributed by atoms with E-state index in [1.54, 1.807) is 4.31 Å². The molecule has 0 saturated carbocycles. The summed E-state index contributed by atoms with van der Waals surface area (Å²) in [5.41, 5.74) is 2.66. The summed E-state index contributed by atoms with van der Waals surface area (Å²) in [4.78, 5) is 4.71. The fourth-order valence-electron chi connectivity index (χ4n) is 4.23. The molecule has 0 spiro atoms. The van der Waals surface area contributed by atoms with E-state index in [0.29, 0.717) is 6.54 Å². The summed E-state index contributed by atoms with van der Waals surface area (Å²) in [5, 5.41) is 0. The fourth-order valence-corrected chi connectivity index (χ4v) is 5.36. The number of morpholine rings is 1. The monoisotopic (exact) mass is 409 g/mol. The summed E-state index contributed by atoms with van der Waals surface area (Å²) >= 11 is 0. The summed E-state index contributed by atoms with van der Waals surface area (Å²) in [6.45, 7) is 9.53. The molecule has 158 valence electrons. The molecule has 0 aliphatic carbocycles. The maximum atomic E-state index is 12.5. The highest BCUT2D eigenvalue weighted by Gasteiger charge is 2.31. The predicted molar refractivity (Wildman–Crippen MR) is 113 cm³/mol. The molecule has 0 amide bonds. The van der Waals surface area contributed by atoms with E-state index in [9.17, 15) is 8.42 Å². The van der Waals surface area contributed by atoms with Gasteiger partial charge in [0.1, 0.15) is 0 Å². The Hall–Kier alpha value is -0.990. The van der Waals surface area contributed by atoms with Gasteiger partial charge in [-0.15, -0.1) is 0 Å². The molecule has 1 unspecified atom stereocenters. The van der Waals surface area contributed by atoms with Gasteiger partial charge in [-0.25, -0.2) is 8.42 Å². The van der Waals surface area contributed by atoms with Crippen LogP contribution in [0.1, 0.15) is 30.9 Å². The van der Waals surface area contributed by atoms with Crippen molar-refractivity contribution >= 4 is 10.0 Å². The van der Waals surface area contributed by atoms with Gasteiger partial charge in [0.05, 0.1) is 19.5 Å². The lowest BCUT2D eigenvalue weighted by Crippen LogP contribution is -2.52. The van der Waals surface area contributed by atoms with E-state index >= 15 is 0 Å². The Morgan fingerprint density at radius 2 is 1.75 bits per heavy atom. The topological polar surface area (TPSA) is 53.1 Å². The van der Waals surface area contributed by atoms with E-state index in [1.807, 2.05) is 0 Å². The molecule has 0 bridgehead atoms. The van der Waals surface area contributed by atoms with Gasteiger partial charge >= 0.3 is 0 Å². The zero-order valence-electron chi connectivity index (χ0n) is 17.3. The molecule has 2 aliphatic heterocycles. The molecule has 2 heterocycles. The Labute approximate surface area is 170 Å². The molecule has 2 aliphatic rings. The van der Waals surface area contributed by atoms with Crippen molar-refractivity contribution in [2.24, 2.45) is 0 Å². The molecule has 0 radical (unpaired) electrons. The third kappa shape index (κ3) is 6.26. The van der Waals surface area contributed by atoms with E-state index in [0.717, 1.165) is 71.7 Å². The zero-order chi connectivity index (χ0) is 20.0. The molecule has 28 heavy (non-hydrogen) atoms. The molecule has 6 nitrogen and oxygen atoms in total. The molecule has 2 fully saturated rings. The van der Waals surface area contributed by atoms with Crippen molar-refractivity contribution in [3.8, 4) is 0 Å². The number of hydrogen-bond acceptors (Lipinski definition) is 5. The van der Waals surface area contributed by atoms with Crippen LogP contribution in [0.15, 0.2) is 24.3 Å². The van der Waals surface area contributed by atoms with Gasteiger partial charge < -0.3 is 4.74 Å². The maximum Gasteiger partial charge on any atom is 0.211 e. The second-order valence-electron chi connectivity index (χ2n) is 8.03. The minimum absolute atomic E-state index is 0.0692. The summed E-state index contributed by atoms with van der Waals surface area (Å²) in [6.07, 6.45) is 4.40. The number of sulfonamides is 1. The number of benzene rings is 1. The first-order valence-corrected chi connectivity index (χ1v) is 12.4. The number of likely N-dealkylation sites (tertiary alicyclic amines) is 1. The van der Waals surface area contributed by atoms with Gasteiger partial charge in [0, 0.05) is 45.3 Å². The number of aryl methyl sites for hydroxylation is 1. The van der Waals surface area contributed by atoms with Gasteiger partial charge in [-0.2, -0.15) is 4.31 Å². The molecular formula is C21H35N3O3S. The van der Waals surface area contributed by atoms with Gasteiger partial charge in [-0.1, -0.05) is 31.2 Å². The summed E-state index contributed by atoms with van der Waals surface area (Å²) in [6, 6.07) is 8.87. The van der Waals surface area contributed by atoms with Crippen molar-refractivity contribution < 1.29 is 13.2 Å². The molecule has 1 aromatic carbocycles. The number of ether oxygens (including phenoxy) is 1. The van der Waals surface area contributed by atoms with Gasteiger partial charge in [0.2, 0.25) is 10.0 Å². The van der Waals surface area contributed by atoms with Crippen LogP contribution in [0.25, 0.3) is 0 Å². The Bertz CT molecular complexity index is 702. The highest BCUT2D eigenvalue weighted by atomic mass is 32.2. The van der Waals surface area contributed by atoms with Gasteiger partial charge in [0.25, 0.3) is 0 Å².